The maximum Gasteiger partial charge on any atom is 0.238 e. The summed E-state index contributed by atoms with van der Waals surface area (Å²) in [7, 11) is 1.82. The highest BCUT2D eigenvalue weighted by molar-refractivity contribution is 9.10. The van der Waals surface area contributed by atoms with Crippen LogP contribution in [0.3, 0.4) is 0 Å². The molecule has 2 aromatic heterocycles. The molecule has 2 heterocycles. The van der Waals surface area contributed by atoms with Crippen LogP contribution in [-0.4, -0.2) is 19.7 Å². The molecule has 1 fully saturated rings. The van der Waals surface area contributed by atoms with Gasteiger partial charge in [-0.1, -0.05) is 44.8 Å². The van der Waals surface area contributed by atoms with E-state index in [0.29, 0.717) is 28.6 Å². The fourth-order valence-electron chi connectivity index (χ4n) is 2.62. The number of hydrogen-bond donors (Lipinski definition) is 0. The van der Waals surface area contributed by atoms with Crippen molar-refractivity contribution in [1.29, 1.82) is 0 Å². The maximum absolute atomic E-state index is 5.99. The van der Waals surface area contributed by atoms with Crippen LogP contribution in [0.1, 0.15) is 29.7 Å². The summed E-state index contributed by atoms with van der Waals surface area (Å²) < 4.78 is 8.23. The topological polar surface area (TPSA) is 56.7 Å². The van der Waals surface area contributed by atoms with E-state index in [2.05, 4.69) is 55.3 Å². The molecule has 1 saturated carbocycles. The second kappa shape index (κ2) is 5.21. The Balaban J connectivity index is 1.56. The van der Waals surface area contributed by atoms with Gasteiger partial charge in [0.1, 0.15) is 5.15 Å². The third kappa shape index (κ3) is 2.36. The number of aromatic nitrogens is 4. The van der Waals surface area contributed by atoms with Crippen molar-refractivity contribution in [3.63, 3.8) is 0 Å². The molecule has 1 aliphatic rings. The third-order valence-corrected chi connectivity index (χ3v) is 4.86. The van der Waals surface area contributed by atoms with E-state index in [-0.39, 0.29) is 5.92 Å². The molecule has 0 saturated heterocycles. The standard InChI is InChI=1S/C15H12BrClN4O/c1-21-12(17)7-18-14(21)13-19-15(22-20-13)11-6-10(11)8-2-4-9(16)5-3-8/h2-5,7,10-11H,6H2,1H3/t10-,11+/m0/s1. The average molecular weight is 380 g/mol. The predicted molar refractivity (Wildman–Crippen MR) is 85.8 cm³/mol. The normalized spacial score (nSPS) is 20.3. The minimum atomic E-state index is 0.290. The Kier molecular flexibility index (Phi) is 3.31. The highest BCUT2D eigenvalue weighted by Gasteiger charge is 2.43. The van der Waals surface area contributed by atoms with Crippen molar-refractivity contribution in [1.82, 2.24) is 19.7 Å². The van der Waals surface area contributed by atoms with Crippen LogP contribution in [0.15, 0.2) is 39.5 Å². The summed E-state index contributed by atoms with van der Waals surface area (Å²) in [6, 6.07) is 8.37. The van der Waals surface area contributed by atoms with Crippen molar-refractivity contribution < 1.29 is 4.52 Å². The zero-order chi connectivity index (χ0) is 15.3. The van der Waals surface area contributed by atoms with Gasteiger partial charge in [-0.15, -0.1) is 0 Å². The first-order valence-electron chi connectivity index (χ1n) is 6.90. The maximum atomic E-state index is 5.99. The second-order valence-electron chi connectivity index (χ2n) is 5.42. The molecular formula is C15H12BrClN4O. The first-order chi connectivity index (χ1) is 10.6. The molecule has 0 radical (unpaired) electrons. The summed E-state index contributed by atoms with van der Waals surface area (Å²) in [6.45, 7) is 0. The van der Waals surface area contributed by atoms with Gasteiger partial charge in [-0.2, -0.15) is 4.98 Å². The quantitative estimate of drug-likeness (QED) is 0.686. The van der Waals surface area contributed by atoms with E-state index in [0.717, 1.165) is 10.9 Å². The van der Waals surface area contributed by atoms with E-state index in [4.69, 9.17) is 16.1 Å². The number of imidazole rings is 1. The smallest absolute Gasteiger partial charge is 0.238 e. The van der Waals surface area contributed by atoms with Crippen LogP contribution in [0, 0.1) is 0 Å². The molecule has 22 heavy (non-hydrogen) atoms. The third-order valence-electron chi connectivity index (χ3n) is 3.98. The Morgan fingerprint density at radius 3 is 2.73 bits per heavy atom. The Morgan fingerprint density at radius 1 is 1.27 bits per heavy atom. The van der Waals surface area contributed by atoms with Gasteiger partial charge >= 0.3 is 0 Å². The summed E-state index contributed by atoms with van der Waals surface area (Å²) in [5.41, 5.74) is 1.30. The fraction of sp³-hybridized carbons (Fsp3) is 0.267. The molecule has 1 aromatic carbocycles. The molecule has 2 atom stereocenters. The summed E-state index contributed by atoms with van der Waals surface area (Å²) in [5, 5.41) is 4.57. The van der Waals surface area contributed by atoms with Crippen LogP contribution >= 0.6 is 27.5 Å². The summed E-state index contributed by atoms with van der Waals surface area (Å²) in [6.07, 6.45) is 2.61. The van der Waals surface area contributed by atoms with Crippen LogP contribution in [0.4, 0.5) is 0 Å². The number of rotatable bonds is 3. The minimum absolute atomic E-state index is 0.290. The Bertz CT molecular complexity index is 826. The second-order valence-corrected chi connectivity index (χ2v) is 6.72. The van der Waals surface area contributed by atoms with E-state index in [1.54, 1.807) is 10.8 Å². The zero-order valence-electron chi connectivity index (χ0n) is 11.7. The van der Waals surface area contributed by atoms with Crippen molar-refractivity contribution in [3.8, 4) is 11.6 Å². The molecule has 112 valence electrons. The minimum Gasteiger partial charge on any atom is -0.339 e. The van der Waals surface area contributed by atoms with Crippen molar-refractivity contribution in [3.05, 3.63) is 51.5 Å². The lowest BCUT2D eigenvalue weighted by Gasteiger charge is -1.98. The van der Waals surface area contributed by atoms with Crippen molar-refractivity contribution >= 4 is 27.5 Å². The van der Waals surface area contributed by atoms with E-state index in [9.17, 15) is 0 Å². The molecule has 1 aliphatic carbocycles. The van der Waals surface area contributed by atoms with Crippen LogP contribution in [-0.2, 0) is 7.05 Å². The van der Waals surface area contributed by atoms with Gasteiger partial charge in [0.15, 0.2) is 5.82 Å². The van der Waals surface area contributed by atoms with Crippen molar-refractivity contribution in [2.75, 3.05) is 0 Å². The molecular weight excluding hydrogens is 368 g/mol. The number of nitrogens with zero attached hydrogens (tertiary/aromatic N) is 4. The Hall–Kier alpha value is -1.66. The first-order valence-corrected chi connectivity index (χ1v) is 8.07. The van der Waals surface area contributed by atoms with Gasteiger partial charge < -0.3 is 9.09 Å². The SMILES string of the molecule is Cn1c(Cl)cnc1-c1noc([C@@H]2C[C@H]2c2ccc(Br)cc2)n1. The van der Waals surface area contributed by atoms with Crippen LogP contribution in [0.25, 0.3) is 11.6 Å². The number of hydrogen-bond acceptors (Lipinski definition) is 4. The molecule has 0 aliphatic heterocycles. The molecule has 0 N–H and O–H groups in total. The van der Waals surface area contributed by atoms with Gasteiger partial charge in [-0.05, 0) is 30.0 Å². The van der Waals surface area contributed by atoms with Gasteiger partial charge in [-0.3, -0.25) is 0 Å². The molecule has 0 bridgehead atoms. The van der Waals surface area contributed by atoms with E-state index in [1.165, 1.54) is 5.56 Å². The highest BCUT2D eigenvalue weighted by Crippen LogP contribution is 2.54. The molecule has 0 amide bonds. The highest BCUT2D eigenvalue weighted by atomic mass is 79.9. The monoisotopic (exact) mass is 378 g/mol. The predicted octanol–water partition coefficient (Wildman–Crippen LogP) is 4.16. The first kappa shape index (κ1) is 14.0. The van der Waals surface area contributed by atoms with Gasteiger partial charge in [0, 0.05) is 17.4 Å². The summed E-state index contributed by atoms with van der Waals surface area (Å²) in [5.74, 6) is 2.50. The lowest BCUT2D eigenvalue weighted by Crippen LogP contribution is -1.94. The molecule has 7 heteroatoms. The largest absolute Gasteiger partial charge is 0.339 e. The molecule has 0 unspecified atom stereocenters. The molecule has 4 rings (SSSR count). The lowest BCUT2D eigenvalue weighted by molar-refractivity contribution is 0.378. The molecule has 5 nitrogen and oxygen atoms in total. The zero-order valence-corrected chi connectivity index (χ0v) is 14.0. The van der Waals surface area contributed by atoms with E-state index in [1.807, 2.05) is 7.05 Å². The summed E-state index contributed by atoms with van der Waals surface area (Å²) >= 11 is 9.44. The Morgan fingerprint density at radius 2 is 2.05 bits per heavy atom. The lowest BCUT2D eigenvalue weighted by atomic mass is 10.1. The van der Waals surface area contributed by atoms with Crippen LogP contribution in [0.5, 0.6) is 0 Å². The Labute approximate surface area is 140 Å². The van der Waals surface area contributed by atoms with Crippen LogP contribution in [0.2, 0.25) is 5.15 Å². The number of benzene rings is 1. The van der Waals surface area contributed by atoms with Crippen molar-refractivity contribution in [2.24, 2.45) is 7.05 Å². The van der Waals surface area contributed by atoms with Crippen molar-refractivity contribution in [2.45, 2.75) is 18.3 Å². The molecule has 3 aromatic rings. The fourth-order valence-corrected chi connectivity index (χ4v) is 3.01. The van der Waals surface area contributed by atoms with E-state index < -0.39 is 0 Å². The van der Waals surface area contributed by atoms with Gasteiger partial charge in [0.2, 0.25) is 11.7 Å². The van der Waals surface area contributed by atoms with Crippen LogP contribution < -0.4 is 0 Å². The van der Waals surface area contributed by atoms with Gasteiger partial charge in [0.25, 0.3) is 0 Å². The summed E-state index contributed by atoms with van der Waals surface area (Å²) in [4.78, 5) is 8.69. The van der Waals surface area contributed by atoms with E-state index >= 15 is 0 Å². The van der Waals surface area contributed by atoms with Gasteiger partial charge in [-0.25, -0.2) is 4.98 Å². The number of halogens is 2. The van der Waals surface area contributed by atoms with Gasteiger partial charge in [0.05, 0.1) is 6.20 Å². The average Bonchev–Trinajstić information content (AvgIpc) is 3.04. The molecule has 0 spiro atoms.